The molecule has 1 rings (SSSR count). The van der Waals surface area contributed by atoms with Crippen molar-refractivity contribution in [3.63, 3.8) is 0 Å². The van der Waals surface area contributed by atoms with Crippen LogP contribution in [0.1, 0.15) is 39.9 Å². The van der Waals surface area contributed by atoms with Gasteiger partial charge in [-0.2, -0.15) is 0 Å². The lowest BCUT2D eigenvalue weighted by Crippen LogP contribution is -2.30. The standard InChI is InChI=1S/C14H26N4/c1-7-8-15-12-9-13(17-11(2)16-12)18(6)10-14(3,4)5/h9H,7-8,10H2,1-6H3,(H,15,16,17). The van der Waals surface area contributed by atoms with Crippen molar-refractivity contribution in [3.8, 4) is 0 Å². The Morgan fingerprint density at radius 3 is 2.50 bits per heavy atom. The van der Waals surface area contributed by atoms with E-state index in [0.717, 1.165) is 37.0 Å². The lowest BCUT2D eigenvalue weighted by Gasteiger charge is -2.27. The van der Waals surface area contributed by atoms with E-state index in [4.69, 9.17) is 0 Å². The minimum absolute atomic E-state index is 0.255. The Morgan fingerprint density at radius 1 is 1.28 bits per heavy atom. The summed E-state index contributed by atoms with van der Waals surface area (Å²) in [4.78, 5) is 11.1. The van der Waals surface area contributed by atoms with Crippen LogP contribution in [-0.2, 0) is 0 Å². The molecule has 18 heavy (non-hydrogen) atoms. The molecule has 0 aliphatic rings. The molecule has 1 heterocycles. The van der Waals surface area contributed by atoms with Gasteiger partial charge in [-0.1, -0.05) is 27.7 Å². The van der Waals surface area contributed by atoms with Gasteiger partial charge >= 0.3 is 0 Å². The van der Waals surface area contributed by atoms with Crippen LogP contribution in [0.2, 0.25) is 0 Å². The Morgan fingerprint density at radius 2 is 1.94 bits per heavy atom. The molecule has 4 heteroatoms. The first-order valence-corrected chi connectivity index (χ1v) is 6.62. The summed E-state index contributed by atoms with van der Waals surface area (Å²) in [5, 5.41) is 3.32. The minimum Gasteiger partial charge on any atom is -0.370 e. The Bertz CT molecular complexity index is 382. The molecular weight excluding hydrogens is 224 g/mol. The van der Waals surface area contributed by atoms with Gasteiger partial charge in [-0.05, 0) is 18.8 Å². The summed E-state index contributed by atoms with van der Waals surface area (Å²) >= 11 is 0. The second kappa shape index (κ2) is 6.03. The predicted molar refractivity (Wildman–Crippen MR) is 78.3 cm³/mol. The fourth-order valence-corrected chi connectivity index (χ4v) is 1.88. The third kappa shape index (κ3) is 4.90. The topological polar surface area (TPSA) is 41.0 Å². The zero-order valence-electron chi connectivity index (χ0n) is 12.5. The maximum Gasteiger partial charge on any atom is 0.134 e. The Hall–Kier alpha value is -1.32. The molecule has 4 nitrogen and oxygen atoms in total. The van der Waals surface area contributed by atoms with E-state index in [1.165, 1.54) is 0 Å². The van der Waals surface area contributed by atoms with Crippen LogP contribution in [0, 0.1) is 12.3 Å². The minimum atomic E-state index is 0.255. The van der Waals surface area contributed by atoms with Gasteiger partial charge < -0.3 is 10.2 Å². The first kappa shape index (κ1) is 14.7. The first-order valence-electron chi connectivity index (χ1n) is 6.62. The summed E-state index contributed by atoms with van der Waals surface area (Å²) in [7, 11) is 2.08. The number of hydrogen-bond acceptors (Lipinski definition) is 4. The van der Waals surface area contributed by atoms with Crippen molar-refractivity contribution in [2.75, 3.05) is 30.4 Å². The molecule has 0 amide bonds. The highest BCUT2D eigenvalue weighted by Crippen LogP contribution is 2.20. The Labute approximate surface area is 111 Å². The number of nitrogens with one attached hydrogen (secondary N) is 1. The van der Waals surface area contributed by atoms with Crippen LogP contribution < -0.4 is 10.2 Å². The van der Waals surface area contributed by atoms with Crippen molar-refractivity contribution in [1.82, 2.24) is 9.97 Å². The summed E-state index contributed by atoms with van der Waals surface area (Å²) in [5.41, 5.74) is 0.255. The van der Waals surface area contributed by atoms with Gasteiger partial charge in [0.2, 0.25) is 0 Å². The highest BCUT2D eigenvalue weighted by atomic mass is 15.2. The number of aryl methyl sites for hydroxylation is 1. The molecule has 0 unspecified atom stereocenters. The molecule has 0 spiro atoms. The predicted octanol–water partition coefficient (Wildman–Crippen LogP) is 3.09. The zero-order valence-corrected chi connectivity index (χ0v) is 12.5. The van der Waals surface area contributed by atoms with Crippen LogP contribution in [0.15, 0.2) is 6.07 Å². The second-order valence-electron chi connectivity index (χ2n) is 6.00. The van der Waals surface area contributed by atoms with Crippen molar-refractivity contribution in [2.24, 2.45) is 5.41 Å². The molecule has 0 radical (unpaired) electrons. The molecule has 102 valence electrons. The van der Waals surface area contributed by atoms with Gasteiger partial charge in [0, 0.05) is 26.2 Å². The van der Waals surface area contributed by atoms with E-state index >= 15 is 0 Å². The van der Waals surface area contributed by atoms with Crippen LogP contribution in [0.4, 0.5) is 11.6 Å². The Balaban J connectivity index is 2.84. The van der Waals surface area contributed by atoms with Crippen molar-refractivity contribution < 1.29 is 0 Å². The van der Waals surface area contributed by atoms with Crippen LogP contribution in [0.3, 0.4) is 0 Å². The second-order valence-corrected chi connectivity index (χ2v) is 6.00. The van der Waals surface area contributed by atoms with Gasteiger partial charge in [0.05, 0.1) is 0 Å². The van der Waals surface area contributed by atoms with Gasteiger partial charge in [-0.3, -0.25) is 0 Å². The molecule has 1 aromatic heterocycles. The van der Waals surface area contributed by atoms with Crippen molar-refractivity contribution >= 4 is 11.6 Å². The van der Waals surface area contributed by atoms with E-state index < -0.39 is 0 Å². The molecule has 0 aromatic carbocycles. The van der Waals surface area contributed by atoms with E-state index in [2.05, 4.69) is 54.9 Å². The molecule has 1 N–H and O–H groups in total. The van der Waals surface area contributed by atoms with Crippen LogP contribution >= 0.6 is 0 Å². The summed E-state index contributed by atoms with van der Waals surface area (Å²) in [6, 6.07) is 2.02. The van der Waals surface area contributed by atoms with Gasteiger partial charge in [0.15, 0.2) is 0 Å². The number of anilines is 2. The smallest absolute Gasteiger partial charge is 0.134 e. The summed E-state index contributed by atoms with van der Waals surface area (Å²) < 4.78 is 0. The number of rotatable bonds is 5. The highest BCUT2D eigenvalue weighted by molar-refractivity contribution is 5.49. The molecular formula is C14H26N4. The summed E-state index contributed by atoms with van der Waals surface area (Å²) in [5.74, 6) is 2.71. The molecule has 0 saturated heterocycles. The molecule has 0 saturated carbocycles. The Kier molecular flexibility index (Phi) is 4.93. The summed E-state index contributed by atoms with van der Waals surface area (Å²) in [6.45, 7) is 12.7. The normalized spacial score (nSPS) is 11.4. The van der Waals surface area contributed by atoms with Crippen LogP contribution in [0.25, 0.3) is 0 Å². The van der Waals surface area contributed by atoms with E-state index in [-0.39, 0.29) is 5.41 Å². The summed E-state index contributed by atoms with van der Waals surface area (Å²) in [6.07, 6.45) is 1.09. The molecule has 0 aliphatic heterocycles. The number of nitrogens with zero attached hydrogens (tertiary/aromatic N) is 3. The van der Waals surface area contributed by atoms with E-state index in [9.17, 15) is 0 Å². The fourth-order valence-electron chi connectivity index (χ4n) is 1.88. The number of aromatic nitrogens is 2. The van der Waals surface area contributed by atoms with Gasteiger partial charge in [-0.15, -0.1) is 0 Å². The molecule has 1 aromatic rings. The maximum absolute atomic E-state index is 4.50. The third-order valence-electron chi connectivity index (χ3n) is 2.48. The molecule has 0 bridgehead atoms. The zero-order chi connectivity index (χ0) is 13.8. The van der Waals surface area contributed by atoms with E-state index in [1.807, 2.05) is 13.0 Å². The number of hydrogen-bond donors (Lipinski definition) is 1. The van der Waals surface area contributed by atoms with Gasteiger partial charge in [0.1, 0.15) is 17.5 Å². The van der Waals surface area contributed by atoms with Crippen molar-refractivity contribution in [3.05, 3.63) is 11.9 Å². The lowest BCUT2D eigenvalue weighted by atomic mass is 9.96. The van der Waals surface area contributed by atoms with E-state index in [0.29, 0.717) is 0 Å². The quantitative estimate of drug-likeness (QED) is 0.872. The van der Waals surface area contributed by atoms with Crippen molar-refractivity contribution in [1.29, 1.82) is 0 Å². The van der Waals surface area contributed by atoms with Gasteiger partial charge in [0.25, 0.3) is 0 Å². The monoisotopic (exact) mass is 250 g/mol. The molecule has 0 atom stereocenters. The first-order chi connectivity index (χ1) is 8.31. The average Bonchev–Trinajstić information content (AvgIpc) is 2.23. The maximum atomic E-state index is 4.50. The lowest BCUT2D eigenvalue weighted by molar-refractivity contribution is 0.417. The van der Waals surface area contributed by atoms with Gasteiger partial charge in [-0.25, -0.2) is 9.97 Å². The third-order valence-corrected chi connectivity index (χ3v) is 2.48. The van der Waals surface area contributed by atoms with Crippen LogP contribution in [-0.4, -0.2) is 30.1 Å². The van der Waals surface area contributed by atoms with Crippen LogP contribution in [0.5, 0.6) is 0 Å². The van der Waals surface area contributed by atoms with Crippen molar-refractivity contribution in [2.45, 2.75) is 41.0 Å². The average molecular weight is 250 g/mol. The largest absolute Gasteiger partial charge is 0.370 e. The fraction of sp³-hybridized carbons (Fsp3) is 0.714. The SMILES string of the molecule is CCCNc1cc(N(C)CC(C)(C)C)nc(C)n1. The molecule has 0 fully saturated rings. The van der Waals surface area contributed by atoms with E-state index in [1.54, 1.807) is 0 Å². The molecule has 0 aliphatic carbocycles. The highest BCUT2D eigenvalue weighted by Gasteiger charge is 2.15.